The predicted molar refractivity (Wildman–Crippen MR) is 89.3 cm³/mol. The molecule has 0 fully saturated rings. The SMILES string of the molecule is Cc1cc(C(=O)O)c(C)n1-c1ccccc1-c1cccc(O)c1. The van der Waals surface area contributed by atoms with Crippen LogP contribution in [0.1, 0.15) is 21.7 Å². The number of phenols is 1. The summed E-state index contributed by atoms with van der Waals surface area (Å²) >= 11 is 0. The zero-order chi connectivity index (χ0) is 16.6. The Morgan fingerprint density at radius 2 is 1.74 bits per heavy atom. The van der Waals surface area contributed by atoms with E-state index in [2.05, 4.69) is 0 Å². The van der Waals surface area contributed by atoms with E-state index in [1.807, 2.05) is 41.8 Å². The maximum Gasteiger partial charge on any atom is 0.337 e. The molecule has 2 aromatic carbocycles. The molecular weight excluding hydrogens is 290 g/mol. The standard InChI is InChI=1S/C19H17NO3/c1-12-10-17(19(22)23)13(2)20(12)18-9-4-3-8-16(18)14-6-5-7-15(21)11-14/h3-11,21H,1-2H3,(H,22,23). The average Bonchev–Trinajstić information content (AvgIpc) is 2.82. The molecule has 0 aliphatic rings. The van der Waals surface area contributed by atoms with Gasteiger partial charge in [0.05, 0.1) is 11.3 Å². The lowest BCUT2D eigenvalue weighted by molar-refractivity contribution is 0.0696. The minimum atomic E-state index is -0.931. The van der Waals surface area contributed by atoms with Crippen LogP contribution in [0.5, 0.6) is 5.75 Å². The number of hydrogen-bond donors (Lipinski definition) is 2. The number of benzene rings is 2. The van der Waals surface area contributed by atoms with Crippen molar-refractivity contribution >= 4 is 5.97 Å². The van der Waals surface area contributed by atoms with E-state index in [-0.39, 0.29) is 5.75 Å². The minimum Gasteiger partial charge on any atom is -0.508 e. The smallest absolute Gasteiger partial charge is 0.337 e. The number of hydrogen-bond acceptors (Lipinski definition) is 2. The number of carboxylic acid groups (broad SMARTS) is 1. The quantitative estimate of drug-likeness (QED) is 0.763. The van der Waals surface area contributed by atoms with E-state index in [4.69, 9.17) is 0 Å². The minimum absolute atomic E-state index is 0.199. The molecule has 1 aromatic heterocycles. The normalized spacial score (nSPS) is 10.7. The van der Waals surface area contributed by atoms with Crippen molar-refractivity contribution in [2.24, 2.45) is 0 Å². The summed E-state index contributed by atoms with van der Waals surface area (Å²) in [6.45, 7) is 3.69. The molecule has 1 heterocycles. The number of aromatic hydroxyl groups is 1. The fourth-order valence-electron chi connectivity index (χ4n) is 2.94. The molecule has 4 heteroatoms. The largest absolute Gasteiger partial charge is 0.508 e. The molecule has 4 nitrogen and oxygen atoms in total. The van der Waals surface area contributed by atoms with Crippen molar-refractivity contribution in [1.82, 2.24) is 4.57 Å². The maximum absolute atomic E-state index is 11.4. The van der Waals surface area contributed by atoms with Crippen LogP contribution in [0.4, 0.5) is 0 Å². The molecule has 0 aliphatic heterocycles. The average molecular weight is 307 g/mol. The first-order chi connectivity index (χ1) is 11.0. The second-order valence-electron chi connectivity index (χ2n) is 5.49. The van der Waals surface area contributed by atoms with Crippen LogP contribution in [0.3, 0.4) is 0 Å². The molecule has 0 atom stereocenters. The van der Waals surface area contributed by atoms with E-state index in [9.17, 15) is 15.0 Å². The van der Waals surface area contributed by atoms with Gasteiger partial charge in [-0.3, -0.25) is 0 Å². The number of aryl methyl sites for hydroxylation is 1. The van der Waals surface area contributed by atoms with Crippen LogP contribution in [0.15, 0.2) is 54.6 Å². The maximum atomic E-state index is 11.4. The van der Waals surface area contributed by atoms with Gasteiger partial charge in [-0.15, -0.1) is 0 Å². The Bertz CT molecular complexity index is 893. The van der Waals surface area contributed by atoms with Gasteiger partial charge >= 0.3 is 5.97 Å². The third-order valence-electron chi connectivity index (χ3n) is 3.96. The lowest BCUT2D eigenvalue weighted by Crippen LogP contribution is -2.03. The first-order valence-electron chi connectivity index (χ1n) is 7.30. The third-order valence-corrected chi connectivity index (χ3v) is 3.96. The number of aromatic carboxylic acids is 1. The highest BCUT2D eigenvalue weighted by molar-refractivity contribution is 5.90. The monoisotopic (exact) mass is 307 g/mol. The number of para-hydroxylation sites is 1. The van der Waals surface area contributed by atoms with Gasteiger partial charge in [-0.1, -0.05) is 30.3 Å². The molecule has 0 radical (unpaired) electrons. The van der Waals surface area contributed by atoms with E-state index < -0.39 is 5.97 Å². The van der Waals surface area contributed by atoms with Crippen molar-refractivity contribution in [3.8, 4) is 22.6 Å². The Hall–Kier alpha value is -3.01. The molecule has 116 valence electrons. The Balaban J connectivity index is 2.25. The lowest BCUT2D eigenvalue weighted by atomic mass is 10.0. The molecule has 3 aromatic rings. The number of carboxylic acids is 1. The molecule has 3 rings (SSSR count). The van der Waals surface area contributed by atoms with Crippen LogP contribution in [-0.2, 0) is 0 Å². The number of phenolic OH excluding ortho intramolecular Hbond substituents is 1. The fourth-order valence-corrected chi connectivity index (χ4v) is 2.94. The Morgan fingerprint density at radius 1 is 1.00 bits per heavy atom. The first-order valence-corrected chi connectivity index (χ1v) is 7.30. The molecule has 0 amide bonds. The molecule has 0 unspecified atom stereocenters. The number of nitrogens with zero attached hydrogens (tertiary/aromatic N) is 1. The van der Waals surface area contributed by atoms with Crippen LogP contribution in [0.2, 0.25) is 0 Å². The molecular formula is C19H17NO3. The third kappa shape index (κ3) is 2.59. The van der Waals surface area contributed by atoms with E-state index in [0.29, 0.717) is 11.3 Å². The summed E-state index contributed by atoms with van der Waals surface area (Å²) in [7, 11) is 0. The highest BCUT2D eigenvalue weighted by Crippen LogP contribution is 2.31. The van der Waals surface area contributed by atoms with E-state index in [1.54, 1.807) is 31.2 Å². The molecule has 2 N–H and O–H groups in total. The van der Waals surface area contributed by atoms with Crippen molar-refractivity contribution in [3.63, 3.8) is 0 Å². The number of rotatable bonds is 3. The first kappa shape index (κ1) is 14.9. The summed E-state index contributed by atoms with van der Waals surface area (Å²) in [5.41, 5.74) is 4.54. The van der Waals surface area contributed by atoms with Gasteiger partial charge in [0.15, 0.2) is 0 Å². The molecule has 0 saturated carbocycles. The van der Waals surface area contributed by atoms with Crippen molar-refractivity contribution in [1.29, 1.82) is 0 Å². The topological polar surface area (TPSA) is 62.5 Å². The summed E-state index contributed by atoms with van der Waals surface area (Å²) in [4.78, 5) is 11.4. The molecule has 0 spiro atoms. The van der Waals surface area contributed by atoms with Gasteiger partial charge in [-0.25, -0.2) is 4.79 Å². The molecule has 0 aliphatic carbocycles. The van der Waals surface area contributed by atoms with Gasteiger partial charge in [0, 0.05) is 17.0 Å². The van der Waals surface area contributed by atoms with E-state index >= 15 is 0 Å². The highest BCUT2D eigenvalue weighted by atomic mass is 16.4. The predicted octanol–water partition coefficient (Wildman–Crippen LogP) is 4.16. The van der Waals surface area contributed by atoms with Gasteiger partial charge in [0.25, 0.3) is 0 Å². The second kappa shape index (κ2) is 5.65. The summed E-state index contributed by atoms with van der Waals surface area (Å²) in [5, 5.41) is 19.1. The van der Waals surface area contributed by atoms with Crippen molar-refractivity contribution in [3.05, 3.63) is 71.5 Å². The Morgan fingerprint density at radius 3 is 2.39 bits per heavy atom. The van der Waals surface area contributed by atoms with Gasteiger partial charge in [0.2, 0.25) is 0 Å². The van der Waals surface area contributed by atoms with Crippen molar-refractivity contribution in [2.45, 2.75) is 13.8 Å². The van der Waals surface area contributed by atoms with Crippen LogP contribution < -0.4 is 0 Å². The van der Waals surface area contributed by atoms with Gasteiger partial charge in [-0.2, -0.15) is 0 Å². The van der Waals surface area contributed by atoms with Crippen LogP contribution in [-0.4, -0.2) is 20.7 Å². The van der Waals surface area contributed by atoms with Crippen LogP contribution in [0.25, 0.3) is 16.8 Å². The second-order valence-corrected chi connectivity index (χ2v) is 5.49. The Labute approximate surface area is 134 Å². The number of carbonyl (C=O) groups is 1. The zero-order valence-corrected chi connectivity index (χ0v) is 12.9. The van der Waals surface area contributed by atoms with E-state index in [0.717, 1.165) is 22.5 Å². The van der Waals surface area contributed by atoms with Crippen LogP contribution in [0, 0.1) is 13.8 Å². The Kier molecular flexibility index (Phi) is 3.66. The summed E-state index contributed by atoms with van der Waals surface area (Å²) < 4.78 is 1.93. The molecule has 23 heavy (non-hydrogen) atoms. The molecule has 0 bridgehead atoms. The van der Waals surface area contributed by atoms with Crippen LogP contribution >= 0.6 is 0 Å². The summed E-state index contributed by atoms with van der Waals surface area (Å²) in [6.07, 6.45) is 0. The summed E-state index contributed by atoms with van der Waals surface area (Å²) in [6, 6.07) is 16.5. The highest BCUT2D eigenvalue weighted by Gasteiger charge is 2.17. The van der Waals surface area contributed by atoms with E-state index in [1.165, 1.54) is 0 Å². The fraction of sp³-hybridized carbons (Fsp3) is 0.105. The van der Waals surface area contributed by atoms with Gasteiger partial charge in [0.1, 0.15) is 5.75 Å². The van der Waals surface area contributed by atoms with Crippen molar-refractivity contribution in [2.75, 3.05) is 0 Å². The number of aromatic nitrogens is 1. The lowest BCUT2D eigenvalue weighted by Gasteiger charge is -2.15. The summed E-state index contributed by atoms with van der Waals surface area (Å²) in [5.74, 6) is -0.733. The van der Waals surface area contributed by atoms with Gasteiger partial charge in [-0.05, 0) is 43.7 Å². The molecule has 0 saturated heterocycles. The van der Waals surface area contributed by atoms with Crippen molar-refractivity contribution < 1.29 is 15.0 Å². The van der Waals surface area contributed by atoms with Gasteiger partial charge < -0.3 is 14.8 Å². The zero-order valence-electron chi connectivity index (χ0n) is 12.9.